The van der Waals surface area contributed by atoms with Crippen molar-refractivity contribution in [3.05, 3.63) is 11.8 Å². The zero-order valence-corrected chi connectivity index (χ0v) is 25.0. The van der Waals surface area contributed by atoms with E-state index in [0.717, 1.165) is 38.7 Å². The number of nitrogens with two attached hydrogens (primary N) is 2. The summed E-state index contributed by atoms with van der Waals surface area (Å²) in [6.07, 6.45) is 2.49. The zero-order valence-electron chi connectivity index (χ0n) is 25.0. The van der Waals surface area contributed by atoms with Gasteiger partial charge in [-0.15, -0.1) is 0 Å². The summed E-state index contributed by atoms with van der Waals surface area (Å²) in [4.78, 5) is 51.1. The number of aliphatic hydroxyl groups is 2. The molecule has 252 valence electrons. The summed E-state index contributed by atoms with van der Waals surface area (Å²) in [5.41, 5.74) is 10.8. The average Bonchev–Trinajstić information content (AvgIpc) is 2.90. The van der Waals surface area contributed by atoms with Crippen LogP contribution in [0.5, 0.6) is 0 Å². The third kappa shape index (κ3) is 15.7. The summed E-state index contributed by atoms with van der Waals surface area (Å²) in [7, 11) is 0. The predicted molar refractivity (Wildman–Crippen MR) is 150 cm³/mol. The number of hydrogen-bond donors (Lipinski definition) is 6. The second kappa shape index (κ2) is 18.9. The van der Waals surface area contributed by atoms with E-state index >= 15 is 0 Å². The average molecular weight is 640 g/mol. The summed E-state index contributed by atoms with van der Waals surface area (Å²) in [5, 5.41) is 25.3. The lowest BCUT2D eigenvalue weighted by atomic mass is 9.94. The molecule has 1 aliphatic heterocycles. The van der Waals surface area contributed by atoms with Gasteiger partial charge in [0, 0.05) is 19.9 Å². The van der Waals surface area contributed by atoms with E-state index in [9.17, 15) is 42.6 Å². The highest BCUT2D eigenvalue weighted by atomic mass is 19.4. The van der Waals surface area contributed by atoms with Gasteiger partial charge in [-0.25, -0.2) is 19.4 Å². The van der Waals surface area contributed by atoms with E-state index in [1.165, 1.54) is 32.1 Å². The van der Waals surface area contributed by atoms with Crippen molar-refractivity contribution >= 4 is 29.9 Å². The fourth-order valence-electron chi connectivity index (χ4n) is 4.37. The van der Waals surface area contributed by atoms with E-state index in [4.69, 9.17) is 16.2 Å². The lowest BCUT2D eigenvalue weighted by molar-refractivity contribution is -0.312. The number of aliphatic imine (C=N–C) groups is 1. The lowest BCUT2D eigenvalue weighted by Crippen LogP contribution is -2.54. The number of carbonyl (C=O) groups excluding carboxylic acids is 4. The van der Waals surface area contributed by atoms with Crippen molar-refractivity contribution in [3.63, 3.8) is 0 Å². The maximum absolute atomic E-state index is 12.6. The minimum Gasteiger partial charge on any atom is -0.481 e. The molecule has 0 aromatic rings. The molecule has 1 aliphatic rings. The van der Waals surface area contributed by atoms with Gasteiger partial charge in [0.25, 0.3) is 0 Å². The van der Waals surface area contributed by atoms with Crippen LogP contribution in [0.15, 0.2) is 16.8 Å². The van der Waals surface area contributed by atoms with Gasteiger partial charge in [0.2, 0.25) is 11.7 Å². The molecule has 17 heteroatoms. The number of carbonyl (C=O) groups is 4. The third-order valence-electron chi connectivity index (χ3n) is 6.47. The Morgan fingerprint density at radius 3 is 2.09 bits per heavy atom. The molecular formula is C27H44F3N5O9. The highest BCUT2D eigenvalue weighted by molar-refractivity contribution is 5.96. The van der Waals surface area contributed by atoms with Crippen molar-refractivity contribution in [3.8, 4) is 0 Å². The molecule has 0 bridgehead atoms. The maximum atomic E-state index is 12.6. The van der Waals surface area contributed by atoms with Crippen LogP contribution in [-0.4, -0.2) is 77.0 Å². The summed E-state index contributed by atoms with van der Waals surface area (Å²) in [5.74, 6) is -9.79. The Hall–Kier alpha value is -3.60. The highest BCUT2D eigenvalue weighted by Crippen LogP contribution is 2.28. The molecule has 0 unspecified atom stereocenters. The molecule has 2 amide bonds. The Bertz CT molecular complexity index is 1020. The normalized spacial score (nSPS) is 18.3. The van der Waals surface area contributed by atoms with Crippen LogP contribution in [0.3, 0.4) is 0 Å². The molecule has 0 aromatic carbocycles. The number of guanidine groups is 1. The van der Waals surface area contributed by atoms with Crippen molar-refractivity contribution in [2.75, 3.05) is 6.54 Å². The van der Waals surface area contributed by atoms with Gasteiger partial charge in [-0.1, -0.05) is 64.7 Å². The standard InChI is InChI=1S/C27H44F3N5O9/c1-3-4-5-6-7-8-9-10-11-12-15-33-25(39)44-26(40,41)14-13-19-21(34-17(2)36)18(35-24(31)32)16-20(42-19)22(37)43-23(38)27(28,29)30/h16,18-19,21,40-41H,3-15H2,1-2H3,(H,33,39)(H,34,36)(H4,31,32,35)/t18-,19+,21+/m0/s1. The number of nitrogens with zero attached hydrogens (tertiary/aromatic N) is 1. The Kier molecular flexibility index (Phi) is 16.5. The molecule has 1 heterocycles. The maximum Gasteiger partial charge on any atom is 0.491 e. The molecule has 1 rings (SSSR count). The number of nitrogens with one attached hydrogen (secondary N) is 2. The first-order valence-corrected chi connectivity index (χ1v) is 14.5. The molecule has 0 aliphatic carbocycles. The first-order valence-electron chi connectivity index (χ1n) is 14.5. The van der Waals surface area contributed by atoms with E-state index in [-0.39, 0.29) is 6.54 Å². The Morgan fingerprint density at radius 1 is 1.00 bits per heavy atom. The number of ether oxygens (including phenoxy) is 3. The lowest BCUT2D eigenvalue weighted by Gasteiger charge is -2.36. The number of unbranched alkanes of at least 4 members (excludes halogenated alkanes) is 9. The number of hydrogen-bond acceptors (Lipinski definition) is 10. The van der Waals surface area contributed by atoms with E-state index in [1.54, 1.807) is 0 Å². The van der Waals surface area contributed by atoms with Crippen LogP contribution in [0.2, 0.25) is 0 Å². The monoisotopic (exact) mass is 639 g/mol. The van der Waals surface area contributed by atoms with Crippen LogP contribution in [0.25, 0.3) is 0 Å². The SMILES string of the molecule is CCCCCCCCCCCCNC(=O)OC(O)(O)CC[C@H]1OC(C(=O)OC(=O)C(F)(F)F)=C[C@H](N=C(N)N)[C@H]1NC(C)=O. The molecule has 0 saturated carbocycles. The van der Waals surface area contributed by atoms with Crippen molar-refractivity contribution in [2.45, 2.75) is 121 Å². The minimum absolute atomic E-state index is 0.231. The van der Waals surface area contributed by atoms with Gasteiger partial charge in [-0.05, 0) is 18.9 Å². The first-order chi connectivity index (χ1) is 20.6. The topological polar surface area (TPSA) is 225 Å². The fourth-order valence-corrected chi connectivity index (χ4v) is 4.37. The van der Waals surface area contributed by atoms with Crippen LogP contribution in [0, 0.1) is 0 Å². The van der Waals surface area contributed by atoms with Crippen molar-refractivity contribution in [1.29, 1.82) is 0 Å². The van der Waals surface area contributed by atoms with Crippen molar-refractivity contribution in [1.82, 2.24) is 10.6 Å². The first kappa shape index (κ1) is 38.4. The fraction of sp³-hybridized carbons (Fsp3) is 0.741. The predicted octanol–water partition coefficient (Wildman–Crippen LogP) is 2.11. The van der Waals surface area contributed by atoms with E-state index in [0.29, 0.717) is 6.42 Å². The molecule has 3 atom stereocenters. The van der Waals surface area contributed by atoms with Crippen molar-refractivity contribution in [2.24, 2.45) is 16.5 Å². The second-order valence-electron chi connectivity index (χ2n) is 10.4. The van der Waals surface area contributed by atoms with Crippen LogP contribution in [-0.2, 0) is 28.6 Å². The Morgan fingerprint density at radius 2 is 1.57 bits per heavy atom. The molecule has 0 aromatic heterocycles. The molecule has 0 saturated heterocycles. The summed E-state index contributed by atoms with van der Waals surface area (Å²) >= 11 is 0. The van der Waals surface area contributed by atoms with Crippen LogP contribution in [0.4, 0.5) is 18.0 Å². The molecule has 44 heavy (non-hydrogen) atoms. The van der Waals surface area contributed by atoms with Gasteiger partial charge in [-0.2, -0.15) is 13.2 Å². The summed E-state index contributed by atoms with van der Waals surface area (Å²) in [6.45, 7) is 3.52. The largest absolute Gasteiger partial charge is 0.491 e. The van der Waals surface area contributed by atoms with E-state index in [2.05, 4.69) is 32.0 Å². The number of alkyl carbamates (subject to hydrolysis) is 1. The van der Waals surface area contributed by atoms with E-state index < -0.39 is 78.8 Å². The Labute approximate surface area is 253 Å². The number of alkyl halides is 3. The van der Waals surface area contributed by atoms with E-state index in [1.807, 2.05) is 0 Å². The smallest absolute Gasteiger partial charge is 0.481 e. The number of rotatable bonds is 18. The highest BCUT2D eigenvalue weighted by Gasteiger charge is 2.45. The number of halogens is 3. The van der Waals surface area contributed by atoms with Gasteiger partial charge in [-0.3, -0.25) is 4.79 Å². The summed E-state index contributed by atoms with van der Waals surface area (Å²) in [6, 6.07) is -2.51. The molecule has 8 N–H and O–H groups in total. The molecule has 0 radical (unpaired) electrons. The zero-order chi connectivity index (χ0) is 33.3. The minimum atomic E-state index is -5.49. The van der Waals surface area contributed by atoms with Gasteiger partial charge >= 0.3 is 30.2 Å². The molecule has 0 spiro atoms. The summed E-state index contributed by atoms with van der Waals surface area (Å²) < 4.78 is 51.5. The van der Waals surface area contributed by atoms with Gasteiger partial charge < -0.3 is 46.5 Å². The van der Waals surface area contributed by atoms with Crippen molar-refractivity contribution < 1.29 is 56.8 Å². The molecular weight excluding hydrogens is 595 g/mol. The number of amides is 2. The third-order valence-corrected chi connectivity index (χ3v) is 6.47. The quantitative estimate of drug-likeness (QED) is 0.0318. The van der Waals surface area contributed by atoms with Gasteiger partial charge in [0.05, 0.1) is 12.1 Å². The molecule has 0 fully saturated rings. The van der Waals surface area contributed by atoms with Crippen LogP contribution in [0.1, 0.15) is 90.9 Å². The van der Waals surface area contributed by atoms with Crippen LogP contribution >= 0.6 is 0 Å². The Balaban J connectivity index is 2.73. The number of esters is 2. The molecule has 14 nitrogen and oxygen atoms in total. The van der Waals surface area contributed by atoms with Gasteiger partial charge in [0.1, 0.15) is 6.10 Å². The van der Waals surface area contributed by atoms with Gasteiger partial charge in [0.15, 0.2) is 5.96 Å². The van der Waals surface area contributed by atoms with Crippen LogP contribution < -0.4 is 22.1 Å². The second-order valence-corrected chi connectivity index (χ2v) is 10.4.